The molecule has 1 aliphatic rings. The maximum absolute atomic E-state index is 11.5. The lowest BCUT2D eigenvalue weighted by Gasteiger charge is -2.03. The Balaban J connectivity index is 2.04. The van der Waals surface area contributed by atoms with E-state index < -0.39 is 0 Å². The minimum absolute atomic E-state index is 0.0765. The summed E-state index contributed by atoms with van der Waals surface area (Å²) in [7, 11) is 0. The van der Waals surface area contributed by atoms with E-state index in [1.807, 2.05) is 34.7 Å². The third-order valence-corrected chi connectivity index (χ3v) is 3.73. The minimum atomic E-state index is -0.0765. The lowest BCUT2D eigenvalue weighted by molar-refractivity contribution is 1.09. The quantitative estimate of drug-likeness (QED) is 0.856. The van der Waals surface area contributed by atoms with E-state index in [9.17, 15) is 4.79 Å². The molecule has 0 amide bonds. The number of hydrogen-bond donors (Lipinski definition) is 1. The second-order valence-corrected chi connectivity index (χ2v) is 5.47. The van der Waals surface area contributed by atoms with Crippen LogP contribution in [0.1, 0.15) is 24.3 Å². The molecule has 0 unspecified atom stereocenters. The first kappa shape index (κ1) is 11.0. The van der Waals surface area contributed by atoms with Crippen molar-refractivity contribution in [1.29, 1.82) is 0 Å². The highest BCUT2D eigenvalue weighted by atomic mass is 127. The average Bonchev–Trinajstić information content (AvgIpc) is 3.17. The van der Waals surface area contributed by atoms with E-state index in [2.05, 4.69) is 22.1 Å². The average molecular weight is 338 g/mol. The molecule has 1 fully saturated rings. The highest BCUT2D eigenvalue weighted by Gasteiger charge is 2.23. The van der Waals surface area contributed by atoms with E-state index in [-0.39, 0.29) is 5.56 Å². The number of rotatable bonds is 2. The fraction of sp³-hybridized carbons (Fsp3) is 0.231. The Labute approximate surface area is 112 Å². The van der Waals surface area contributed by atoms with Gasteiger partial charge in [-0.05, 0) is 53.0 Å². The normalized spacial score (nSPS) is 14.9. The van der Waals surface area contributed by atoms with Crippen LogP contribution in [-0.2, 0) is 0 Å². The molecule has 4 heteroatoms. The van der Waals surface area contributed by atoms with Gasteiger partial charge in [-0.1, -0.05) is 18.2 Å². The van der Waals surface area contributed by atoms with Crippen LogP contribution in [0.25, 0.3) is 11.4 Å². The van der Waals surface area contributed by atoms with Crippen molar-refractivity contribution in [3.63, 3.8) is 0 Å². The van der Waals surface area contributed by atoms with Gasteiger partial charge in [-0.2, -0.15) is 0 Å². The molecule has 1 N–H and O–H groups in total. The second kappa shape index (κ2) is 4.25. The summed E-state index contributed by atoms with van der Waals surface area (Å²) in [6, 6.07) is 8.28. The summed E-state index contributed by atoms with van der Waals surface area (Å²) >= 11 is 1.98. The number of H-pyrrole nitrogens is 1. The Hall–Kier alpha value is -1.17. The van der Waals surface area contributed by atoms with Crippen molar-refractivity contribution in [2.45, 2.75) is 18.8 Å². The molecular weight excluding hydrogens is 327 g/mol. The van der Waals surface area contributed by atoms with E-state index in [4.69, 9.17) is 0 Å². The van der Waals surface area contributed by atoms with Gasteiger partial charge in [0.05, 0.1) is 3.57 Å². The van der Waals surface area contributed by atoms with Crippen LogP contribution in [0.2, 0.25) is 0 Å². The van der Waals surface area contributed by atoms with Gasteiger partial charge in [-0.3, -0.25) is 4.79 Å². The Kier molecular flexibility index (Phi) is 2.74. The van der Waals surface area contributed by atoms with Crippen LogP contribution in [0.3, 0.4) is 0 Å². The number of nitrogens with one attached hydrogen (secondary N) is 1. The molecule has 0 radical (unpaired) electrons. The summed E-state index contributed by atoms with van der Waals surface area (Å²) in [4.78, 5) is 18.6. The zero-order valence-electron chi connectivity index (χ0n) is 9.11. The predicted molar refractivity (Wildman–Crippen MR) is 75.0 cm³/mol. The first-order valence-corrected chi connectivity index (χ1v) is 6.67. The Morgan fingerprint density at radius 3 is 2.88 bits per heavy atom. The van der Waals surface area contributed by atoms with E-state index in [1.54, 1.807) is 6.20 Å². The van der Waals surface area contributed by atoms with Gasteiger partial charge < -0.3 is 4.98 Å². The van der Waals surface area contributed by atoms with Gasteiger partial charge >= 0.3 is 0 Å². The number of aromatic amines is 1. The number of hydrogen-bond acceptors (Lipinski definition) is 2. The van der Waals surface area contributed by atoms with E-state index in [0.717, 1.165) is 5.56 Å². The molecule has 0 aliphatic heterocycles. The Morgan fingerprint density at radius 1 is 1.35 bits per heavy atom. The van der Waals surface area contributed by atoms with Crippen LogP contribution < -0.4 is 5.56 Å². The molecule has 1 aromatic carbocycles. The van der Waals surface area contributed by atoms with E-state index >= 15 is 0 Å². The highest BCUT2D eigenvalue weighted by Crippen LogP contribution is 2.40. The van der Waals surface area contributed by atoms with Crippen molar-refractivity contribution in [3.8, 4) is 11.4 Å². The first-order chi connectivity index (χ1) is 8.24. The van der Waals surface area contributed by atoms with Gasteiger partial charge in [0.2, 0.25) is 0 Å². The molecule has 86 valence electrons. The van der Waals surface area contributed by atoms with Gasteiger partial charge in [0.1, 0.15) is 5.82 Å². The highest BCUT2D eigenvalue weighted by molar-refractivity contribution is 14.1. The van der Waals surface area contributed by atoms with Crippen molar-refractivity contribution in [3.05, 3.63) is 49.9 Å². The molecule has 1 heterocycles. The lowest BCUT2D eigenvalue weighted by Crippen LogP contribution is -2.11. The van der Waals surface area contributed by atoms with Crippen LogP contribution in [-0.4, -0.2) is 9.97 Å². The zero-order chi connectivity index (χ0) is 11.8. The van der Waals surface area contributed by atoms with E-state index in [1.165, 1.54) is 18.4 Å². The van der Waals surface area contributed by atoms with Crippen molar-refractivity contribution in [2.75, 3.05) is 0 Å². The molecule has 17 heavy (non-hydrogen) atoms. The molecule has 0 spiro atoms. The lowest BCUT2D eigenvalue weighted by atomic mass is 10.1. The van der Waals surface area contributed by atoms with Gasteiger partial charge in [0.15, 0.2) is 0 Å². The summed E-state index contributed by atoms with van der Waals surface area (Å²) < 4.78 is 0.615. The molecule has 3 nitrogen and oxygen atoms in total. The summed E-state index contributed by atoms with van der Waals surface area (Å²) in [5.41, 5.74) is 2.26. The molecule has 0 atom stereocenters. The van der Waals surface area contributed by atoms with Crippen molar-refractivity contribution < 1.29 is 0 Å². The molecule has 0 saturated heterocycles. The predicted octanol–water partition coefficient (Wildman–Crippen LogP) is 2.92. The summed E-state index contributed by atoms with van der Waals surface area (Å²) in [5, 5.41) is 0. The fourth-order valence-electron chi connectivity index (χ4n) is 1.88. The second-order valence-electron chi connectivity index (χ2n) is 4.31. The molecule has 1 aromatic heterocycles. The van der Waals surface area contributed by atoms with Crippen LogP contribution in [0.5, 0.6) is 0 Å². The number of aromatic nitrogens is 2. The third-order valence-electron chi connectivity index (χ3n) is 2.96. The van der Waals surface area contributed by atoms with Crippen molar-refractivity contribution >= 4 is 22.6 Å². The van der Waals surface area contributed by atoms with Crippen LogP contribution >= 0.6 is 22.6 Å². The summed E-state index contributed by atoms with van der Waals surface area (Å²) in [6.45, 7) is 0. The largest absolute Gasteiger partial charge is 0.306 e. The maximum Gasteiger partial charge on any atom is 0.264 e. The zero-order valence-corrected chi connectivity index (χ0v) is 11.3. The number of halogens is 1. The topological polar surface area (TPSA) is 45.8 Å². The van der Waals surface area contributed by atoms with Gasteiger partial charge in [0.25, 0.3) is 5.56 Å². The standard InChI is InChI=1S/C13H11IN2O/c14-11-7-15-12(16-13(11)17)10-3-1-2-9(6-10)8-4-5-8/h1-3,6-8H,4-5H2,(H,15,16,17). The van der Waals surface area contributed by atoms with Gasteiger partial charge in [-0.25, -0.2) is 4.98 Å². The van der Waals surface area contributed by atoms with Crippen LogP contribution in [0.15, 0.2) is 35.3 Å². The maximum atomic E-state index is 11.5. The van der Waals surface area contributed by atoms with Crippen LogP contribution in [0.4, 0.5) is 0 Å². The monoisotopic (exact) mass is 338 g/mol. The Bertz CT molecular complexity index is 617. The Morgan fingerprint density at radius 2 is 2.18 bits per heavy atom. The van der Waals surface area contributed by atoms with Gasteiger partial charge in [0, 0.05) is 11.8 Å². The molecule has 3 rings (SSSR count). The van der Waals surface area contributed by atoms with Gasteiger partial charge in [-0.15, -0.1) is 0 Å². The molecular formula is C13H11IN2O. The summed E-state index contributed by atoms with van der Waals surface area (Å²) in [5.74, 6) is 1.36. The molecule has 1 saturated carbocycles. The molecule has 0 bridgehead atoms. The SMILES string of the molecule is O=c1[nH]c(-c2cccc(C3CC3)c2)ncc1I. The number of nitrogens with zero attached hydrogens (tertiary/aromatic N) is 1. The molecule has 2 aromatic rings. The van der Waals surface area contributed by atoms with Crippen molar-refractivity contribution in [2.24, 2.45) is 0 Å². The minimum Gasteiger partial charge on any atom is -0.306 e. The third kappa shape index (κ3) is 2.26. The fourth-order valence-corrected chi connectivity index (χ4v) is 2.16. The van der Waals surface area contributed by atoms with E-state index in [0.29, 0.717) is 15.3 Å². The smallest absolute Gasteiger partial charge is 0.264 e. The molecule has 1 aliphatic carbocycles. The number of benzene rings is 1. The van der Waals surface area contributed by atoms with Crippen LogP contribution in [0, 0.1) is 3.57 Å². The first-order valence-electron chi connectivity index (χ1n) is 5.59. The summed E-state index contributed by atoms with van der Waals surface area (Å²) in [6.07, 6.45) is 4.17. The van der Waals surface area contributed by atoms with Crippen molar-refractivity contribution in [1.82, 2.24) is 9.97 Å².